The molecule has 30 heavy (non-hydrogen) atoms. The molecule has 0 bridgehead atoms. The number of aromatic hydroxyl groups is 2. The molecule has 0 saturated carbocycles. The summed E-state index contributed by atoms with van der Waals surface area (Å²) >= 11 is 0. The second-order valence-electron chi connectivity index (χ2n) is 7.93. The number of benzene rings is 1. The van der Waals surface area contributed by atoms with Crippen LogP contribution in [0.3, 0.4) is 0 Å². The standard InChI is InChI=1S/C25H44O5/c1-5-9-10-11-12-13-14-15-16-20-21(26)22(27)24(29-18-7-3)25(30-19-8-4)23(20)28-17-6-2/h26-27H,5-19H2,1-4H3. The number of unbranched alkanes of at least 4 members (excludes halogenated alkanes) is 7. The predicted molar refractivity (Wildman–Crippen MR) is 123 cm³/mol. The summed E-state index contributed by atoms with van der Waals surface area (Å²) < 4.78 is 17.7. The minimum atomic E-state index is -0.243. The van der Waals surface area contributed by atoms with Gasteiger partial charge in [-0.15, -0.1) is 0 Å². The van der Waals surface area contributed by atoms with Gasteiger partial charge in [-0.1, -0.05) is 72.6 Å². The zero-order valence-electron chi connectivity index (χ0n) is 19.7. The van der Waals surface area contributed by atoms with Crippen LogP contribution >= 0.6 is 0 Å². The third kappa shape index (κ3) is 8.53. The summed E-state index contributed by atoms with van der Waals surface area (Å²) in [5.74, 6) is 0.749. The van der Waals surface area contributed by atoms with E-state index in [2.05, 4.69) is 6.92 Å². The summed E-state index contributed by atoms with van der Waals surface area (Å²) in [7, 11) is 0. The third-order valence-corrected chi connectivity index (χ3v) is 5.04. The van der Waals surface area contributed by atoms with Crippen LogP contribution in [-0.2, 0) is 6.42 Å². The van der Waals surface area contributed by atoms with E-state index in [4.69, 9.17) is 14.2 Å². The van der Waals surface area contributed by atoms with Crippen LogP contribution < -0.4 is 14.2 Å². The van der Waals surface area contributed by atoms with E-state index >= 15 is 0 Å². The Morgan fingerprint density at radius 3 is 1.50 bits per heavy atom. The molecule has 0 atom stereocenters. The first-order valence-electron chi connectivity index (χ1n) is 12.1. The van der Waals surface area contributed by atoms with Crippen LogP contribution in [0.1, 0.15) is 104 Å². The monoisotopic (exact) mass is 424 g/mol. The van der Waals surface area contributed by atoms with Gasteiger partial charge in [0.25, 0.3) is 0 Å². The van der Waals surface area contributed by atoms with E-state index in [9.17, 15) is 10.2 Å². The van der Waals surface area contributed by atoms with Crippen LogP contribution in [0, 0.1) is 0 Å². The fraction of sp³-hybridized carbons (Fsp3) is 0.760. The molecule has 0 spiro atoms. The summed E-state index contributed by atoms with van der Waals surface area (Å²) in [6.45, 7) is 9.74. The minimum Gasteiger partial charge on any atom is -0.504 e. The fourth-order valence-electron chi connectivity index (χ4n) is 3.40. The molecule has 0 heterocycles. The van der Waals surface area contributed by atoms with Crippen LogP contribution in [0.5, 0.6) is 28.7 Å². The molecule has 0 aliphatic heterocycles. The van der Waals surface area contributed by atoms with E-state index in [-0.39, 0.29) is 17.2 Å². The first-order chi connectivity index (χ1) is 14.6. The Kier molecular flexibility index (Phi) is 14.0. The average Bonchev–Trinajstić information content (AvgIpc) is 2.75. The van der Waals surface area contributed by atoms with Gasteiger partial charge < -0.3 is 24.4 Å². The maximum Gasteiger partial charge on any atom is 0.211 e. The topological polar surface area (TPSA) is 68.2 Å². The lowest BCUT2D eigenvalue weighted by molar-refractivity contribution is 0.230. The highest BCUT2D eigenvalue weighted by atomic mass is 16.5. The molecular weight excluding hydrogens is 380 g/mol. The smallest absolute Gasteiger partial charge is 0.211 e. The van der Waals surface area contributed by atoms with Gasteiger partial charge >= 0.3 is 0 Å². The molecule has 174 valence electrons. The predicted octanol–water partition coefficient (Wildman–Crippen LogP) is 7.15. The van der Waals surface area contributed by atoms with Gasteiger partial charge in [0.2, 0.25) is 17.2 Å². The average molecular weight is 425 g/mol. The SMILES string of the molecule is CCCCCCCCCCc1c(O)c(O)c(OCCC)c(OCCC)c1OCCC. The maximum absolute atomic E-state index is 10.7. The van der Waals surface area contributed by atoms with E-state index in [1.165, 1.54) is 38.5 Å². The lowest BCUT2D eigenvalue weighted by Gasteiger charge is -2.22. The van der Waals surface area contributed by atoms with Crippen LogP contribution in [0.2, 0.25) is 0 Å². The molecule has 0 amide bonds. The van der Waals surface area contributed by atoms with E-state index in [1.54, 1.807) is 0 Å². The lowest BCUT2D eigenvalue weighted by atomic mass is 10.0. The van der Waals surface area contributed by atoms with E-state index in [1.807, 2.05) is 20.8 Å². The van der Waals surface area contributed by atoms with Gasteiger partial charge in [-0.3, -0.25) is 0 Å². The lowest BCUT2D eigenvalue weighted by Crippen LogP contribution is -2.08. The quantitative estimate of drug-likeness (QED) is 0.193. The van der Waals surface area contributed by atoms with Gasteiger partial charge in [0.15, 0.2) is 11.5 Å². The summed E-state index contributed by atoms with van der Waals surface area (Å²) in [6.07, 6.45) is 12.8. The number of phenolic OH excluding ortho intramolecular Hbond substituents is 2. The van der Waals surface area contributed by atoms with Crippen molar-refractivity contribution in [2.24, 2.45) is 0 Å². The first-order valence-corrected chi connectivity index (χ1v) is 12.1. The first kappa shape index (κ1) is 26.3. The molecule has 0 aliphatic rings. The van der Waals surface area contributed by atoms with Crippen molar-refractivity contribution in [1.82, 2.24) is 0 Å². The van der Waals surface area contributed by atoms with Crippen LogP contribution in [0.25, 0.3) is 0 Å². The van der Waals surface area contributed by atoms with Crippen molar-refractivity contribution in [3.63, 3.8) is 0 Å². The maximum atomic E-state index is 10.7. The second kappa shape index (κ2) is 16.0. The Labute approximate surface area is 183 Å². The van der Waals surface area contributed by atoms with Gasteiger partial charge in [-0.25, -0.2) is 0 Å². The molecule has 0 fully saturated rings. The van der Waals surface area contributed by atoms with E-state index in [0.29, 0.717) is 43.3 Å². The normalized spacial score (nSPS) is 10.9. The summed E-state index contributed by atoms with van der Waals surface area (Å²) in [4.78, 5) is 0. The molecule has 0 radical (unpaired) electrons. The number of rotatable bonds is 18. The molecule has 0 saturated heterocycles. The summed E-state index contributed by atoms with van der Waals surface area (Å²) in [5, 5.41) is 21.4. The molecule has 1 rings (SSSR count). The van der Waals surface area contributed by atoms with Crippen molar-refractivity contribution < 1.29 is 24.4 Å². The molecule has 1 aromatic rings. The van der Waals surface area contributed by atoms with Crippen molar-refractivity contribution in [2.45, 2.75) is 105 Å². The van der Waals surface area contributed by atoms with Crippen LogP contribution in [0.15, 0.2) is 0 Å². The molecule has 0 aromatic heterocycles. The zero-order chi connectivity index (χ0) is 22.2. The van der Waals surface area contributed by atoms with Gasteiger partial charge in [0.05, 0.1) is 19.8 Å². The summed E-state index contributed by atoms with van der Waals surface area (Å²) in [6, 6.07) is 0. The van der Waals surface area contributed by atoms with Gasteiger partial charge in [0.1, 0.15) is 0 Å². The molecule has 1 aromatic carbocycles. The Hall–Kier alpha value is -1.78. The molecule has 5 nitrogen and oxygen atoms in total. The molecule has 2 N–H and O–H groups in total. The van der Waals surface area contributed by atoms with Crippen LogP contribution in [0.4, 0.5) is 0 Å². The van der Waals surface area contributed by atoms with Gasteiger partial charge in [-0.05, 0) is 32.1 Å². The molecule has 0 aliphatic carbocycles. The number of ether oxygens (including phenoxy) is 3. The minimum absolute atomic E-state index is 0.140. The van der Waals surface area contributed by atoms with Crippen molar-refractivity contribution in [3.05, 3.63) is 5.56 Å². The van der Waals surface area contributed by atoms with Gasteiger partial charge in [-0.2, -0.15) is 0 Å². The molecule has 0 unspecified atom stereocenters. The zero-order valence-corrected chi connectivity index (χ0v) is 19.7. The Bertz CT molecular complexity index is 586. The number of hydrogen-bond donors (Lipinski definition) is 2. The highest BCUT2D eigenvalue weighted by Gasteiger charge is 2.27. The van der Waals surface area contributed by atoms with Crippen molar-refractivity contribution in [1.29, 1.82) is 0 Å². The Morgan fingerprint density at radius 2 is 0.967 bits per heavy atom. The fourth-order valence-corrected chi connectivity index (χ4v) is 3.40. The Morgan fingerprint density at radius 1 is 0.500 bits per heavy atom. The van der Waals surface area contributed by atoms with Crippen LogP contribution in [-0.4, -0.2) is 30.0 Å². The second-order valence-corrected chi connectivity index (χ2v) is 7.93. The van der Waals surface area contributed by atoms with Crippen molar-refractivity contribution in [2.75, 3.05) is 19.8 Å². The highest BCUT2D eigenvalue weighted by Crippen LogP contribution is 2.53. The molecular formula is C25H44O5. The highest BCUT2D eigenvalue weighted by molar-refractivity contribution is 5.69. The van der Waals surface area contributed by atoms with E-state index in [0.717, 1.165) is 32.1 Å². The van der Waals surface area contributed by atoms with Gasteiger partial charge in [0, 0.05) is 5.56 Å². The van der Waals surface area contributed by atoms with E-state index < -0.39 is 0 Å². The third-order valence-electron chi connectivity index (χ3n) is 5.04. The number of phenols is 2. The largest absolute Gasteiger partial charge is 0.504 e. The number of hydrogen-bond acceptors (Lipinski definition) is 5. The molecule has 5 heteroatoms. The van der Waals surface area contributed by atoms with Crippen molar-refractivity contribution >= 4 is 0 Å². The summed E-state index contributed by atoms with van der Waals surface area (Å²) in [5.41, 5.74) is 0.627. The Balaban J connectivity index is 2.99. The van der Waals surface area contributed by atoms with Crippen molar-refractivity contribution in [3.8, 4) is 28.7 Å².